The summed E-state index contributed by atoms with van der Waals surface area (Å²) in [5.41, 5.74) is 1.05. The fourth-order valence-electron chi connectivity index (χ4n) is 2.05. The highest BCUT2D eigenvalue weighted by Gasteiger charge is 2.12. The molecule has 0 radical (unpaired) electrons. The van der Waals surface area contributed by atoms with Gasteiger partial charge in [-0.05, 0) is 27.0 Å². The van der Waals surface area contributed by atoms with Crippen LogP contribution in [0.4, 0.5) is 0 Å². The highest BCUT2D eigenvalue weighted by molar-refractivity contribution is 5.40. The fraction of sp³-hybridized carbons (Fsp3) is 0.625. The van der Waals surface area contributed by atoms with Gasteiger partial charge in [0.2, 0.25) is 0 Å². The van der Waals surface area contributed by atoms with Gasteiger partial charge in [0, 0.05) is 24.7 Å². The van der Waals surface area contributed by atoms with E-state index >= 15 is 0 Å². The minimum atomic E-state index is -0.498. The largest absolute Gasteiger partial charge is 0.497 e. The molecule has 0 fully saturated rings. The van der Waals surface area contributed by atoms with E-state index in [9.17, 15) is 5.11 Å². The summed E-state index contributed by atoms with van der Waals surface area (Å²) < 4.78 is 16.0. The molecular weight excluding hydrogens is 270 g/mol. The molecule has 120 valence electrons. The van der Waals surface area contributed by atoms with Crippen LogP contribution in [0, 0.1) is 0 Å². The van der Waals surface area contributed by atoms with E-state index < -0.39 is 6.10 Å². The first-order valence-electron chi connectivity index (χ1n) is 7.15. The summed E-state index contributed by atoms with van der Waals surface area (Å²) in [6.45, 7) is 5.49. The van der Waals surface area contributed by atoms with Crippen LogP contribution < -0.4 is 9.47 Å². The summed E-state index contributed by atoms with van der Waals surface area (Å²) >= 11 is 0. The number of ether oxygens (including phenoxy) is 3. The molecule has 0 aliphatic carbocycles. The molecule has 1 unspecified atom stereocenters. The third-order valence-corrected chi connectivity index (χ3v) is 3.08. The van der Waals surface area contributed by atoms with Crippen LogP contribution >= 0.6 is 0 Å². The average molecular weight is 297 g/mol. The number of likely N-dealkylation sites (N-methyl/N-ethyl adjacent to an activating group) is 1. The zero-order valence-corrected chi connectivity index (χ0v) is 13.6. The summed E-state index contributed by atoms with van der Waals surface area (Å²) in [5, 5.41) is 9.94. The van der Waals surface area contributed by atoms with Crippen LogP contribution in [-0.4, -0.2) is 56.6 Å². The van der Waals surface area contributed by atoms with Gasteiger partial charge in [-0.2, -0.15) is 0 Å². The van der Waals surface area contributed by atoms with Gasteiger partial charge in [0.05, 0.1) is 33.0 Å². The smallest absolute Gasteiger partial charge is 0.127 e. The Morgan fingerprint density at radius 2 is 1.90 bits per heavy atom. The maximum absolute atomic E-state index is 9.94. The third kappa shape index (κ3) is 6.33. The lowest BCUT2D eigenvalue weighted by Crippen LogP contribution is -2.32. The van der Waals surface area contributed by atoms with Gasteiger partial charge in [0.1, 0.15) is 11.5 Å². The normalized spacial score (nSPS) is 12.8. The summed E-state index contributed by atoms with van der Waals surface area (Å²) in [6, 6.07) is 5.75. The molecular formula is C16H27NO4. The Kier molecular flexibility index (Phi) is 7.50. The minimum absolute atomic E-state index is 0.131. The molecule has 5 nitrogen and oxygen atoms in total. The van der Waals surface area contributed by atoms with Crippen molar-refractivity contribution in [1.29, 1.82) is 0 Å². The number of hydrogen-bond donors (Lipinski definition) is 1. The summed E-state index contributed by atoms with van der Waals surface area (Å²) in [7, 11) is 5.23. The van der Waals surface area contributed by atoms with Crippen molar-refractivity contribution in [2.24, 2.45) is 0 Å². The number of methoxy groups -OCH3 is 2. The molecule has 0 bridgehead atoms. The van der Waals surface area contributed by atoms with E-state index in [1.165, 1.54) is 0 Å². The van der Waals surface area contributed by atoms with Gasteiger partial charge in [-0.3, -0.25) is 4.90 Å². The quantitative estimate of drug-likeness (QED) is 0.755. The number of aliphatic hydroxyl groups excluding tert-OH is 1. The first-order valence-corrected chi connectivity index (χ1v) is 7.15. The maximum Gasteiger partial charge on any atom is 0.127 e. The molecule has 0 amide bonds. The van der Waals surface area contributed by atoms with Crippen molar-refractivity contribution >= 4 is 0 Å². The van der Waals surface area contributed by atoms with Crippen LogP contribution in [0.3, 0.4) is 0 Å². The molecule has 1 aromatic rings. The number of hydrogen-bond acceptors (Lipinski definition) is 5. The predicted octanol–water partition coefficient (Wildman–Crippen LogP) is 1.92. The summed E-state index contributed by atoms with van der Waals surface area (Å²) in [4.78, 5) is 2.04. The van der Waals surface area contributed by atoms with Crippen molar-refractivity contribution in [3.8, 4) is 11.5 Å². The standard InChI is InChI=1S/C16H27NO4/c1-12(2)21-11-14(18)10-17(3)9-13-6-7-15(19-4)8-16(13)20-5/h6-8,12,14,18H,9-11H2,1-5H3. The Morgan fingerprint density at radius 3 is 2.48 bits per heavy atom. The van der Waals surface area contributed by atoms with E-state index in [4.69, 9.17) is 14.2 Å². The van der Waals surface area contributed by atoms with Crippen LogP contribution in [-0.2, 0) is 11.3 Å². The molecule has 0 aliphatic rings. The van der Waals surface area contributed by atoms with Crippen LogP contribution in [0.5, 0.6) is 11.5 Å². The Labute approximate surface area is 127 Å². The number of rotatable bonds is 9. The SMILES string of the molecule is COc1ccc(CN(C)CC(O)COC(C)C)c(OC)c1. The van der Waals surface area contributed by atoms with E-state index in [2.05, 4.69) is 0 Å². The lowest BCUT2D eigenvalue weighted by Gasteiger charge is -2.22. The van der Waals surface area contributed by atoms with Gasteiger partial charge in [-0.15, -0.1) is 0 Å². The van der Waals surface area contributed by atoms with Crippen molar-refractivity contribution in [2.45, 2.75) is 32.6 Å². The van der Waals surface area contributed by atoms with E-state index in [0.29, 0.717) is 19.7 Å². The monoisotopic (exact) mass is 297 g/mol. The zero-order chi connectivity index (χ0) is 15.8. The molecule has 1 atom stereocenters. The van der Waals surface area contributed by atoms with Gasteiger partial charge < -0.3 is 19.3 Å². The van der Waals surface area contributed by atoms with Crippen molar-refractivity contribution < 1.29 is 19.3 Å². The predicted molar refractivity (Wildman–Crippen MR) is 83.0 cm³/mol. The molecule has 0 spiro atoms. The zero-order valence-electron chi connectivity index (χ0n) is 13.6. The molecule has 0 heterocycles. The van der Waals surface area contributed by atoms with Gasteiger partial charge >= 0.3 is 0 Å². The first kappa shape index (κ1) is 17.8. The third-order valence-electron chi connectivity index (χ3n) is 3.08. The molecule has 5 heteroatoms. The fourth-order valence-corrected chi connectivity index (χ4v) is 2.05. The van der Waals surface area contributed by atoms with Gasteiger partial charge in [0.25, 0.3) is 0 Å². The molecule has 0 saturated heterocycles. The summed E-state index contributed by atoms with van der Waals surface area (Å²) in [6.07, 6.45) is -0.367. The van der Waals surface area contributed by atoms with E-state index in [-0.39, 0.29) is 6.10 Å². The highest BCUT2D eigenvalue weighted by Crippen LogP contribution is 2.25. The van der Waals surface area contributed by atoms with E-state index in [1.807, 2.05) is 44.0 Å². The Bertz CT molecular complexity index is 423. The van der Waals surface area contributed by atoms with E-state index in [0.717, 1.165) is 17.1 Å². The average Bonchev–Trinajstić information content (AvgIpc) is 2.45. The second-order valence-electron chi connectivity index (χ2n) is 5.41. The second kappa shape index (κ2) is 8.87. The molecule has 0 aliphatic heterocycles. The molecule has 1 rings (SSSR count). The first-order chi connectivity index (χ1) is 9.96. The Balaban J connectivity index is 2.55. The van der Waals surface area contributed by atoms with Crippen molar-refractivity contribution in [3.63, 3.8) is 0 Å². The van der Waals surface area contributed by atoms with Gasteiger partial charge in [-0.1, -0.05) is 6.07 Å². The van der Waals surface area contributed by atoms with Crippen LogP contribution in [0.2, 0.25) is 0 Å². The van der Waals surface area contributed by atoms with Gasteiger partial charge in [0.15, 0.2) is 0 Å². The minimum Gasteiger partial charge on any atom is -0.497 e. The Hall–Kier alpha value is -1.30. The van der Waals surface area contributed by atoms with Crippen molar-refractivity contribution in [3.05, 3.63) is 23.8 Å². The van der Waals surface area contributed by atoms with Crippen molar-refractivity contribution in [1.82, 2.24) is 4.90 Å². The van der Waals surface area contributed by atoms with Crippen LogP contribution in [0.15, 0.2) is 18.2 Å². The number of benzene rings is 1. The maximum atomic E-state index is 9.94. The molecule has 21 heavy (non-hydrogen) atoms. The van der Waals surface area contributed by atoms with Crippen LogP contribution in [0.1, 0.15) is 19.4 Å². The molecule has 1 aromatic carbocycles. The Morgan fingerprint density at radius 1 is 1.19 bits per heavy atom. The second-order valence-corrected chi connectivity index (χ2v) is 5.41. The topological polar surface area (TPSA) is 51.2 Å². The van der Waals surface area contributed by atoms with E-state index in [1.54, 1.807) is 14.2 Å². The lowest BCUT2D eigenvalue weighted by molar-refractivity contribution is -0.00640. The highest BCUT2D eigenvalue weighted by atomic mass is 16.5. The number of aliphatic hydroxyl groups is 1. The summed E-state index contributed by atoms with van der Waals surface area (Å²) in [5.74, 6) is 1.55. The molecule has 1 N–H and O–H groups in total. The number of nitrogens with zero attached hydrogens (tertiary/aromatic N) is 1. The van der Waals surface area contributed by atoms with Crippen LogP contribution in [0.25, 0.3) is 0 Å². The van der Waals surface area contributed by atoms with Crippen molar-refractivity contribution in [2.75, 3.05) is 34.4 Å². The molecule has 0 aromatic heterocycles. The van der Waals surface area contributed by atoms with Gasteiger partial charge in [-0.25, -0.2) is 0 Å². The lowest BCUT2D eigenvalue weighted by atomic mass is 10.1. The molecule has 0 saturated carbocycles.